The molecule has 1 aromatic rings. The highest BCUT2D eigenvalue weighted by Crippen LogP contribution is 2.17. The molecule has 1 saturated heterocycles. The Hall–Kier alpha value is -2.22. The van der Waals surface area contributed by atoms with E-state index < -0.39 is 0 Å². The van der Waals surface area contributed by atoms with E-state index in [4.69, 9.17) is 10.00 Å². The molecule has 1 aromatic carbocycles. The van der Waals surface area contributed by atoms with E-state index >= 15 is 0 Å². The minimum Gasteiger partial charge on any atom is -0.450 e. The first kappa shape index (κ1) is 14.2. The Bertz CT molecular complexity index is 485. The third kappa shape index (κ3) is 3.64. The maximum atomic E-state index is 11.6. The highest BCUT2D eigenvalue weighted by Gasteiger charge is 2.23. The van der Waals surface area contributed by atoms with Crippen molar-refractivity contribution in [2.75, 3.05) is 25.0 Å². The maximum absolute atomic E-state index is 11.6. The zero-order valence-electron chi connectivity index (χ0n) is 11.6. The molecule has 0 bridgehead atoms. The fraction of sp³-hybridized carbons (Fsp3) is 0.467. The molecule has 2 rings (SSSR count). The Morgan fingerprint density at radius 2 is 2.05 bits per heavy atom. The van der Waals surface area contributed by atoms with Crippen LogP contribution in [0.25, 0.3) is 0 Å². The summed E-state index contributed by atoms with van der Waals surface area (Å²) in [5, 5.41) is 12.2. The lowest BCUT2D eigenvalue weighted by Gasteiger charge is -2.32. The van der Waals surface area contributed by atoms with Crippen molar-refractivity contribution in [3.05, 3.63) is 29.8 Å². The number of hydrogen-bond donors (Lipinski definition) is 1. The van der Waals surface area contributed by atoms with Gasteiger partial charge in [0, 0.05) is 24.8 Å². The van der Waals surface area contributed by atoms with Crippen LogP contribution >= 0.6 is 0 Å². The van der Waals surface area contributed by atoms with Crippen LogP contribution in [0.1, 0.15) is 25.3 Å². The van der Waals surface area contributed by atoms with Crippen molar-refractivity contribution in [1.82, 2.24) is 4.90 Å². The van der Waals surface area contributed by atoms with Crippen LogP contribution in [0.15, 0.2) is 24.3 Å². The SMILES string of the molecule is CCOC(=O)N1CCC(Nc2ccc(C#N)cc2)CC1. The minimum absolute atomic E-state index is 0.218. The summed E-state index contributed by atoms with van der Waals surface area (Å²) in [4.78, 5) is 13.3. The number of carbonyl (C=O) groups is 1. The number of piperidine rings is 1. The van der Waals surface area contributed by atoms with Crippen LogP contribution in [0.4, 0.5) is 10.5 Å². The number of nitriles is 1. The van der Waals surface area contributed by atoms with Gasteiger partial charge in [0.15, 0.2) is 0 Å². The highest BCUT2D eigenvalue weighted by atomic mass is 16.6. The van der Waals surface area contributed by atoms with Gasteiger partial charge in [-0.05, 0) is 44.0 Å². The zero-order chi connectivity index (χ0) is 14.4. The fourth-order valence-corrected chi connectivity index (χ4v) is 2.30. The van der Waals surface area contributed by atoms with E-state index in [1.165, 1.54) is 0 Å². The molecule has 0 spiro atoms. The molecule has 5 heteroatoms. The van der Waals surface area contributed by atoms with Crippen molar-refractivity contribution in [3.63, 3.8) is 0 Å². The van der Waals surface area contributed by atoms with Crippen molar-refractivity contribution in [3.8, 4) is 6.07 Å². The first-order valence-corrected chi connectivity index (χ1v) is 6.91. The van der Waals surface area contributed by atoms with Gasteiger partial charge >= 0.3 is 6.09 Å². The van der Waals surface area contributed by atoms with E-state index in [0.29, 0.717) is 31.3 Å². The van der Waals surface area contributed by atoms with Gasteiger partial charge in [0.05, 0.1) is 18.2 Å². The molecule has 0 unspecified atom stereocenters. The topological polar surface area (TPSA) is 65.4 Å². The predicted octanol–water partition coefficient (Wildman–Crippen LogP) is 2.59. The van der Waals surface area contributed by atoms with Gasteiger partial charge in [-0.3, -0.25) is 0 Å². The molecule has 0 saturated carbocycles. The van der Waals surface area contributed by atoms with Gasteiger partial charge in [0.2, 0.25) is 0 Å². The van der Waals surface area contributed by atoms with Crippen molar-refractivity contribution in [1.29, 1.82) is 5.26 Å². The number of ether oxygens (including phenoxy) is 1. The summed E-state index contributed by atoms with van der Waals surface area (Å²) in [6, 6.07) is 9.89. The molecule has 1 aliphatic rings. The first-order chi connectivity index (χ1) is 9.72. The molecule has 20 heavy (non-hydrogen) atoms. The third-order valence-corrected chi connectivity index (χ3v) is 3.41. The molecule has 1 aliphatic heterocycles. The maximum Gasteiger partial charge on any atom is 0.409 e. The van der Waals surface area contributed by atoms with E-state index in [2.05, 4.69) is 11.4 Å². The Morgan fingerprint density at radius 1 is 1.40 bits per heavy atom. The zero-order valence-corrected chi connectivity index (χ0v) is 11.6. The minimum atomic E-state index is -0.218. The molecule has 1 N–H and O–H groups in total. The molecule has 0 aromatic heterocycles. The van der Waals surface area contributed by atoms with Gasteiger partial charge in [-0.2, -0.15) is 5.26 Å². The van der Waals surface area contributed by atoms with Crippen molar-refractivity contribution >= 4 is 11.8 Å². The van der Waals surface area contributed by atoms with Gasteiger partial charge < -0.3 is 15.0 Å². The summed E-state index contributed by atoms with van der Waals surface area (Å²) in [5.41, 5.74) is 1.67. The third-order valence-electron chi connectivity index (χ3n) is 3.41. The van der Waals surface area contributed by atoms with E-state index in [9.17, 15) is 4.79 Å². The first-order valence-electron chi connectivity index (χ1n) is 6.91. The average Bonchev–Trinajstić information content (AvgIpc) is 2.49. The monoisotopic (exact) mass is 273 g/mol. The Balaban J connectivity index is 1.82. The summed E-state index contributed by atoms with van der Waals surface area (Å²) >= 11 is 0. The number of rotatable bonds is 3. The molecule has 1 amide bonds. The van der Waals surface area contributed by atoms with Crippen molar-refractivity contribution < 1.29 is 9.53 Å². The van der Waals surface area contributed by atoms with Crippen LogP contribution in [-0.4, -0.2) is 36.7 Å². The quantitative estimate of drug-likeness (QED) is 0.919. The Kier molecular flexibility index (Phi) is 4.83. The summed E-state index contributed by atoms with van der Waals surface area (Å²) in [5.74, 6) is 0. The van der Waals surface area contributed by atoms with Crippen LogP contribution in [0.5, 0.6) is 0 Å². The second kappa shape index (κ2) is 6.80. The number of hydrogen-bond acceptors (Lipinski definition) is 4. The number of benzene rings is 1. The highest BCUT2D eigenvalue weighted by molar-refractivity contribution is 5.67. The lowest BCUT2D eigenvalue weighted by atomic mass is 10.0. The number of nitrogens with one attached hydrogen (secondary N) is 1. The van der Waals surface area contributed by atoms with E-state index in [1.54, 1.807) is 17.0 Å². The number of likely N-dealkylation sites (tertiary alicyclic amines) is 1. The molecule has 0 radical (unpaired) electrons. The van der Waals surface area contributed by atoms with Crippen LogP contribution in [0, 0.1) is 11.3 Å². The second-order valence-electron chi connectivity index (χ2n) is 4.79. The number of anilines is 1. The van der Waals surface area contributed by atoms with Crippen LogP contribution in [-0.2, 0) is 4.74 Å². The molecule has 1 fully saturated rings. The lowest BCUT2D eigenvalue weighted by molar-refractivity contribution is 0.0983. The number of carbonyl (C=O) groups excluding carboxylic acids is 1. The van der Waals surface area contributed by atoms with Gasteiger partial charge in [-0.25, -0.2) is 4.79 Å². The van der Waals surface area contributed by atoms with Crippen LogP contribution < -0.4 is 5.32 Å². The van der Waals surface area contributed by atoms with Gasteiger partial charge in [-0.1, -0.05) is 0 Å². The van der Waals surface area contributed by atoms with Crippen LogP contribution in [0.3, 0.4) is 0 Å². The van der Waals surface area contributed by atoms with Crippen molar-refractivity contribution in [2.45, 2.75) is 25.8 Å². The van der Waals surface area contributed by atoms with Gasteiger partial charge in [-0.15, -0.1) is 0 Å². The van der Waals surface area contributed by atoms with E-state index in [0.717, 1.165) is 18.5 Å². The van der Waals surface area contributed by atoms with Crippen LogP contribution in [0.2, 0.25) is 0 Å². The fourth-order valence-electron chi connectivity index (χ4n) is 2.30. The molecule has 5 nitrogen and oxygen atoms in total. The normalized spacial score (nSPS) is 15.5. The summed E-state index contributed by atoms with van der Waals surface area (Å²) in [6.45, 7) is 3.67. The molecular weight excluding hydrogens is 254 g/mol. The number of nitrogens with zero attached hydrogens (tertiary/aromatic N) is 2. The van der Waals surface area contributed by atoms with E-state index in [1.807, 2.05) is 19.1 Å². The summed E-state index contributed by atoms with van der Waals surface area (Å²) in [6.07, 6.45) is 1.58. The Labute approximate surface area is 119 Å². The number of amides is 1. The molecule has 106 valence electrons. The summed E-state index contributed by atoms with van der Waals surface area (Å²) in [7, 11) is 0. The summed E-state index contributed by atoms with van der Waals surface area (Å²) < 4.78 is 5.00. The molecule has 1 heterocycles. The lowest BCUT2D eigenvalue weighted by Crippen LogP contribution is -2.42. The van der Waals surface area contributed by atoms with E-state index in [-0.39, 0.29) is 6.09 Å². The largest absolute Gasteiger partial charge is 0.450 e. The van der Waals surface area contributed by atoms with Gasteiger partial charge in [0.25, 0.3) is 0 Å². The predicted molar refractivity (Wildman–Crippen MR) is 76.4 cm³/mol. The van der Waals surface area contributed by atoms with Crippen molar-refractivity contribution in [2.24, 2.45) is 0 Å². The molecule has 0 aliphatic carbocycles. The molecular formula is C15H19N3O2. The molecule has 0 atom stereocenters. The Morgan fingerprint density at radius 3 is 2.60 bits per heavy atom. The average molecular weight is 273 g/mol. The standard InChI is InChI=1S/C15H19N3O2/c1-2-20-15(19)18-9-7-14(8-10-18)17-13-5-3-12(11-16)4-6-13/h3-6,14,17H,2,7-10H2,1H3. The second-order valence-corrected chi connectivity index (χ2v) is 4.79. The van der Waals surface area contributed by atoms with Gasteiger partial charge in [0.1, 0.15) is 0 Å². The smallest absolute Gasteiger partial charge is 0.409 e.